The smallest absolute Gasteiger partial charge is 0.316 e. The number of aryl methyl sites for hydroxylation is 2. The fraction of sp³-hybridized carbons (Fsp3) is 0.500. The average Bonchev–Trinajstić information content (AvgIpc) is 2.27. The Labute approximate surface area is 113 Å². The molecule has 0 heterocycles. The van der Waals surface area contributed by atoms with E-state index in [0.717, 1.165) is 14.7 Å². The van der Waals surface area contributed by atoms with Gasteiger partial charge in [0.1, 0.15) is 6.04 Å². The van der Waals surface area contributed by atoms with E-state index in [1.807, 2.05) is 13.8 Å². The van der Waals surface area contributed by atoms with Gasteiger partial charge in [0.25, 0.3) is 0 Å². The van der Waals surface area contributed by atoms with E-state index in [9.17, 15) is 13.2 Å². The van der Waals surface area contributed by atoms with Gasteiger partial charge >= 0.3 is 6.18 Å². The molecule has 0 unspecified atom stereocenters. The van der Waals surface area contributed by atoms with Crippen LogP contribution in [0.3, 0.4) is 0 Å². The van der Waals surface area contributed by atoms with Gasteiger partial charge in [-0.15, -0.1) is 0 Å². The van der Waals surface area contributed by atoms with Crippen molar-refractivity contribution in [3.8, 4) is 0 Å². The van der Waals surface area contributed by atoms with Crippen molar-refractivity contribution in [2.45, 2.75) is 38.9 Å². The predicted molar refractivity (Wildman–Crippen MR) is 70.9 cm³/mol. The van der Waals surface area contributed by atoms with Gasteiger partial charge in [0, 0.05) is 3.57 Å². The molecular formula is C12H15F3IN. The first kappa shape index (κ1) is 14.8. The van der Waals surface area contributed by atoms with Crippen LogP contribution >= 0.6 is 22.6 Å². The summed E-state index contributed by atoms with van der Waals surface area (Å²) < 4.78 is 38.8. The maximum Gasteiger partial charge on any atom is 0.407 e. The summed E-state index contributed by atoms with van der Waals surface area (Å²) in [6.45, 7) is 3.86. The van der Waals surface area contributed by atoms with Gasteiger partial charge in [0.05, 0.1) is 0 Å². The van der Waals surface area contributed by atoms with Crippen LogP contribution in [-0.2, 0) is 12.8 Å². The topological polar surface area (TPSA) is 26.0 Å². The van der Waals surface area contributed by atoms with Gasteiger partial charge in [-0.2, -0.15) is 13.2 Å². The maximum absolute atomic E-state index is 12.6. The van der Waals surface area contributed by atoms with Crippen molar-refractivity contribution in [3.63, 3.8) is 0 Å². The molecule has 0 bridgehead atoms. The van der Waals surface area contributed by atoms with Crippen LogP contribution in [-0.4, -0.2) is 6.18 Å². The molecule has 1 nitrogen and oxygen atoms in total. The first-order valence-electron chi connectivity index (χ1n) is 5.44. The van der Waals surface area contributed by atoms with Crippen LogP contribution < -0.4 is 5.73 Å². The summed E-state index contributed by atoms with van der Waals surface area (Å²) in [5, 5.41) is 0. The van der Waals surface area contributed by atoms with Gasteiger partial charge in [0.15, 0.2) is 0 Å². The Morgan fingerprint density at radius 2 is 1.59 bits per heavy atom. The first-order chi connectivity index (χ1) is 7.81. The zero-order valence-electron chi connectivity index (χ0n) is 9.74. The van der Waals surface area contributed by atoms with E-state index in [1.165, 1.54) is 0 Å². The lowest BCUT2D eigenvalue weighted by molar-refractivity contribution is -0.149. The van der Waals surface area contributed by atoms with Gasteiger partial charge in [0.2, 0.25) is 0 Å². The molecule has 0 radical (unpaired) electrons. The number of nitrogens with two attached hydrogens (primary N) is 1. The predicted octanol–water partition coefficient (Wildman–Crippen LogP) is 3.98. The Hall–Kier alpha value is -0.300. The molecule has 0 saturated heterocycles. The second-order valence-electron chi connectivity index (χ2n) is 3.88. The summed E-state index contributed by atoms with van der Waals surface area (Å²) in [5.41, 5.74) is 7.26. The van der Waals surface area contributed by atoms with E-state index in [0.29, 0.717) is 12.8 Å². The average molecular weight is 357 g/mol. The maximum atomic E-state index is 12.6. The molecule has 1 atom stereocenters. The van der Waals surface area contributed by atoms with Gasteiger partial charge < -0.3 is 5.73 Å². The molecule has 0 spiro atoms. The molecule has 0 aromatic heterocycles. The molecular weight excluding hydrogens is 342 g/mol. The van der Waals surface area contributed by atoms with E-state index in [2.05, 4.69) is 22.6 Å². The standard InChI is InChI=1S/C12H15F3IN/c1-3-7-5-9(11(17)12(13,14)15)6-8(4-2)10(7)16/h5-6,11H,3-4,17H2,1-2H3/t11-/m1/s1. The third kappa shape index (κ3) is 3.34. The molecule has 96 valence electrons. The molecule has 1 aromatic rings. The molecule has 0 aliphatic heterocycles. The highest BCUT2D eigenvalue weighted by Crippen LogP contribution is 2.33. The minimum absolute atomic E-state index is 0.159. The first-order valence-corrected chi connectivity index (χ1v) is 6.52. The Morgan fingerprint density at radius 1 is 1.18 bits per heavy atom. The van der Waals surface area contributed by atoms with Crippen LogP contribution in [0.1, 0.15) is 36.6 Å². The number of rotatable bonds is 3. The van der Waals surface area contributed by atoms with E-state index < -0.39 is 12.2 Å². The van der Waals surface area contributed by atoms with Crippen molar-refractivity contribution in [3.05, 3.63) is 32.4 Å². The van der Waals surface area contributed by atoms with Crippen molar-refractivity contribution in [1.29, 1.82) is 0 Å². The normalized spacial score (nSPS) is 13.8. The lowest BCUT2D eigenvalue weighted by atomic mass is 9.98. The van der Waals surface area contributed by atoms with Gasteiger partial charge in [-0.3, -0.25) is 0 Å². The molecule has 0 amide bonds. The van der Waals surface area contributed by atoms with Gasteiger partial charge in [-0.25, -0.2) is 0 Å². The quantitative estimate of drug-likeness (QED) is 0.814. The summed E-state index contributed by atoms with van der Waals surface area (Å²) in [5.74, 6) is 0. The number of benzene rings is 1. The van der Waals surface area contributed by atoms with E-state index >= 15 is 0 Å². The summed E-state index contributed by atoms with van der Waals surface area (Å²) in [6, 6.07) is 1.24. The second-order valence-corrected chi connectivity index (χ2v) is 4.96. The minimum atomic E-state index is -4.39. The number of hydrogen-bond acceptors (Lipinski definition) is 1. The van der Waals surface area contributed by atoms with Crippen LogP contribution in [0.4, 0.5) is 13.2 Å². The van der Waals surface area contributed by atoms with Crippen molar-refractivity contribution in [1.82, 2.24) is 0 Å². The van der Waals surface area contributed by atoms with Crippen LogP contribution in [0, 0.1) is 3.57 Å². The summed E-state index contributed by atoms with van der Waals surface area (Å²) >= 11 is 2.18. The fourth-order valence-corrected chi connectivity index (χ4v) is 2.73. The number of alkyl halides is 3. The Kier molecular flexibility index (Phi) is 4.83. The Balaban J connectivity index is 3.27. The zero-order valence-corrected chi connectivity index (χ0v) is 11.9. The highest BCUT2D eigenvalue weighted by Gasteiger charge is 2.38. The lowest BCUT2D eigenvalue weighted by Crippen LogP contribution is -2.28. The SMILES string of the molecule is CCc1cc([C@@H](N)C(F)(F)F)cc(CC)c1I. The molecule has 5 heteroatoms. The fourth-order valence-electron chi connectivity index (χ4n) is 1.66. The van der Waals surface area contributed by atoms with Gasteiger partial charge in [-0.1, -0.05) is 26.0 Å². The Bertz CT molecular complexity index is 376. The van der Waals surface area contributed by atoms with Crippen molar-refractivity contribution in [2.24, 2.45) is 5.73 Å². The minimum Gasteiger partial charge on any atom is -0.316 e. The number of halogens is 4. The summed E-state index contributed by atoms with van der Waals surface area (Å²) in [6.07, 6.45) is -2.96. The van der Waals surface area contributed by atoms with E-state index in [4.69, 9.17) is 5.73 Å². The van der Waals surface area contributed by atoms with Crippen molar-refractivity contribution in [2.75, 3.05) is 0 Å². The van der Waals surface area contributed by atoms with E-state index in [1.54, 1.807) is 12.1 Å². The van der Waals surface area contributed by atoms with E-state index in [-0.39, 0.29) is 5.56 Å². The van der Waals surface area contributed by atoms with Crippen LogP contribution in [0.15, 0.2) is 12.1 Å². The molecule has 0 aliphatic carbocycles. The lowest BCUT2D eigenvalue weighted by Gasteiger charge is -2.19. The summed E-state index contributed by atoms with van der Waals surface area (Å²) in [7, 11) is 0. The molecule has 0 saturated carbocycles. The van der Waals surface area contributed by atoms with Crippen LogP contribution in [0.25, 0.3) is 0 Å². The monoisotopic (exact) mass is 357 g/mol. The van der Waals surface area contributed by atoms with Crippen molar-refractivity contribution < 1.29 is 13.2 Å². The van der Waals surface area contributed by atoms with Crippen LogP contribution in [0.2, 0.25) is 0 Å². The van der Waals surface area contributed by atoms with Gasteiger partial charge in [-0.05, 0) is 52.1 Å². The molecule has 1 rings (SSSR count). The Morgan fingerprint density at radius 3 is 1.88 bits per heavy atom. The largest absolute Gasteiger partial charge is 0.407 e. The van der Waals surface area contributed by atoms with Crippen LogP contribution in [0.5, 0.6) is 0 Å². The molecule has 1 aromatic carbocycles. The molecule has 17 heavy (non-hydrogen) atoms. The third-order valence-corrected chi connectivity index (χ3v) is 4.10. The third-order valence-electron chi connectivity index (χ3n) is 2.72. The molecule has 2 N–H and O–H groups in total. The number of hydrogen-bond donors (Lipinski definition) is 1. The van der Waals surface area contributed by atoms with Crippen molar-refractivity contribution >= 4 is 22.6 Å². The highest BCUT2D eigenvalue weighted by atomic mass is 127. The zero-order chi connectivity index (χ0) is 13.2. The molecule has 0 fully saturated rings. The molecule has 0 aliphatic rings. The second kappa shape index (κ2) is 5.56. The highest BCUT2D eigenvalue weighted by molar-refractivity contribution is 14.1. The summed E-state index contributed by atoms with van der Waals surface area (Å²) in [4.78, 5) is 0.